The summed E-state index contributed by atoms with van der Waals surface area (Å²) in [4.78, 5) is 2.30. The predicted molar refractivity (Wildman–Crippen MR) is 88.8 cm³/mol. The third-order valence-corrected chi connectivity index (χ3v) is 3.48. The summed E-state index contributed by atoms with van der Waals surface area (Å²) >= 11 is 5.54. The Morgan fingerprint density at radius 1 is 1.16 bits per heavy atom. The zero-order chi connectivity index (χ0) is 14.1. The van der Waals surface area contributed by atoms with E-state index in [-0.39, 0.29) is 0 Å². The molecule has 1 aromatic rings. The van der Waals surface area contributed by atoms with Crippen molar-refractivity contribution in [3.8, 4) is 0 Å². The van der Waals surface area contributed by atoms with E-state index in [1.165, 1.54) is 31.2 Å². The van der Waals surface area contributed by atoms with Crippen LogP contribution in [0, 0.1) is 6.92 Å². The van der Waals surface area contributed by atoms with Crippen molar-refractivity contribution in [2.75, 3.05) is 18.4 Å². The molecule has 0 saturated heterocycles. The van der Waals surface area contributed by atoms with Crippen molar-refractivity contribution in [2.24, 2.45) is 0 Å². The van der Waals surface area contributed by atoms with Crippen LogP contribution in [-0.2, 0) is 0 Å². The van der Waals surface area contributed by atoms with Gasteiger partial charge in [0.05, 0.1) is 0 Å². The smallest absolute Gasteiger partial charge is 0.173 e. The summed E-state index contributed by atoms with van der Waals surface area (Å²) in [6.45, 7) is 8.63. The second kappa shape index (κ2) is 8.92. The van der Waals surface area contributed by atoms with Crippen LogP contribution < -0.4 is 5.32 Å². The maximum Gasteiger partial charge on any atom is 0.173 e. The van der Waals surface area contributed by atoms with Gasteiger partial charge in [0.1, 0.15) is 0 Å². The Balaban J connectivity index is 2.59. The van der Waals surface area contributed by atoms with Crippen molar-refractivity contribution in [1.29, 1.82) is 0 Å². The van der Waals surface area contributed by atoms with E-state index in [1.54, 1.807) is 0 Å². The number of rotatable bonds is 7. The minimum Gasteiger partial charge on any atom is -0.349 e. The third-order valence-electron chi connectivity index (χ3n) is 3.12. The Morgan fingerprint density at radius 2 is 1.79 bits per heavy atom. The van der Waals surface area contributed by atoms with Crippen LogP contribution in [0.2, 0.25) is 0 Å². The Labute approximate surface area is 123 Å². The Morgan fingerprint density at radius 3 is 2.32 bits per heavy atom. The number of thiocarbonyl (C=S) groups is 1. The summed E-state index contributed by atoms with van der Waals surface area (Å²) in [5.74, 6) is 0. The van der Waals surface area contributed by atoms with E-state index in [4.69, 9.17) is 12.2 Å². The molecule has 1 N–H and O–H groups in total. The maximum atomic E-state index is 5.54. The van der Waals surface area contributed by atoms with Gasteiger partial charge in [0.15, 0.2) is 5.11 Å². The molecule has 0 spiro atoms. The van der Waals surface area contributed by atoms with Crippen LogP contribution >= 0.6 is 12.2 Å². The quantitative estimate of drug-likeness (QED) is 0.734. The summed E-state index contributed by atoms with van der Waals surface area (Å²) in [6.07, 6.45) is 4.80. The first-order chi connectivity index (χ1) is 9.17. The van der Waals surface area contributed by atoms with E-state index < -0.39 is 0 Å². The van der Waals surface area contributed by atoms with Gasteiger partial charge in [0.2, 0.25) is 0 Å². The molecule has 2 nitrogen and oxygen atoms in total. The highest BCUT2D eigenvalue weighted by atomic mass is 32.1. The van der Waals surface area contributed by atoms with Crippen LogP contribution in [0.5, 0.6) is 0 Å². The van der Waals surface area contributed by atoms with E-state index in [9.17, 15) is 0 Å². The Bertz CT molecular complexity index is 382. The first kappa shape index (κ1) is 16.0. The second-order valence-electron chi connectivity index (χ2n) is 4.99. The highest BCUT2D eigenvalue weighted by molar-refractivity contribution is 7.80. The van der Waals surface area contributed by atoms with Crippen LogP contribution in [0.3, 0.4) is 0 Å². The molecule has 0 fully saturated rings. The van der Waals surface area contributed by atoms with Gasteiger partial charge in [-0.2, -0.15) is 0 Å². The fraction of sp³-hybridized carbons (Fsp3) is 0.562. The van der Waals surface area contributed by atoms with Crippen LogP contribution in [0.1, 0.15) is 45.1 Å². The molecule has 0 saturated carbocycles. The number of nitrogens with one attached hydrogen (secondary N) is 1. The molecule has 0 aliphatic carbocycles. The zero-order valence-electron chi connectivity index (χ0n) is 12.4. The number of unbranched alkanes of at least 4 members (excludes halogenated alkanes) is 2. The average Bonchev–Trinajstić information content (AvgIpc) is 2.38. The minimum absolute atomic E-state index is 0.854. The first-order valence-electron chi connectivity index (χ1n) is 7.30. The van der Waals surface area contributed by atoms with E-state index in [2.05, 4.69) is 55.3 Å². The number of anilines is 1. The zero-order valence-corrected chi connectivity index (χ0v) is 13.2. The molecule has 0 radical (unpaired) electrons. The SMILES string of the molecule is CCCCN(CCCC)C(=S)Nc1cccc(C)c1. The molecule has 0 unspecified atom stereocenters. The van der Waals surface area contributed by atoms with Crippen LogP contribution in [0.15, 0.2) is 24.3 Å². The highest BCUT2D eigenvalue weighted by Gasteiger charge is 2.08. The van der Waals surface area contributed by atoms with E-state index in [1.807, 2.05) is 0 Å². The van der Waals surface area contributed by atoms with Crippen molar-refractivity contribution in [1.82, 2.24) is 4.90 Å². The Hall–Kier alpha value is -1.09. The van der Waals surface area contributed by atoms with E-state index in [0.29, 0.717) is 0 Å². The van der Waals surface area contributed by atoms with Crippen molar-refractivity contribution < 1.29 is 0 Å². The van der Waals surface area contributed by atoms with Gasteiger partial charge in [0.25, 0.3) is 0 Å². The lowest BCUT2D eigenvalue weighted by Crippen LogP contribution is -2.36. The number of hydrogen-bond acceptors (Lipinski definition) is 1. The molecule has 0 aromatic heterocycles. The molecular weight excluding hydrogens is 252 g/mol. The molecule has 0 bridgehead atoms. The summed E-state index contributed by atoms with van der Waals surface area (Å²) in [6, 6.07) is 8.35. The maximum absolute atomic E-state index is 5.54. The number of nitrogens with zero attached hydrogens (tertiary/aromatic N) is 1. The van der Waals surface area contributed by atoms with Gasteiger partial charge in [-0.1, -0.05) is 38.8 Å². The summed E-state index contributed by atoms with van der Waals surface area (Å²) in [7, 11) is 0. The van der Waals surface area contributed by atoms with Crippen molar-refractivity contribution in [2.45, 2.75) is 46.5 Å². The standard InChI is InChI=1S/C16H26N2S/c1-4-6-11-18(12-7-5-2)16(19)17-15-10-8-9-14(3)13-15/h8-10,13H,4-7,11-12H2,1-3H3,(H,17,19). The van der Waals surface area contributed by atoms with Crippen molar-refractivity contribution in [3.05, 3.63) is 29.8 Å². The lowest BCUT2D eigenvalue weighted by molar-refractivity contribution is 0.403. The molecule has 0 aliphatic rings. The lowest BCUT2D eigenvalue weighted by Gasteiger charge is -2.25. The van der Waals surface area contributed by atoms with Crippen molar-refractivity contribution >= 4 is 23.0 Å². The molecule has 0 aliphatic heterocycles. The molecule has 3 heteroatoms. The molecule has 0 amide bonds. The van der Waals surface area contributed by atoms with Crippen LogP contribution in [-0.4, -0.2) is 23.1 Å². The molecule has 19 heavy (non-hydrogen) atoms. The normalized spacial score (nSPS) is 10.3. The molecule has 0 heterocycles. The molecule has 106 valence electrons. The molecule has 0 atom stereocenters. The molecular formula is C16H26N2S. The predicted octanol–water partition coefficient (Wildman–Crippen LogP) is 4.59. The fourth-order valence-corrected chi connectivity index (χ4v) is 2.24. The Kier molecular flexibility index (Phi) is 7.49. The summed E-state index contributed by atoms with van der Waals surface area (Å²) in [5, 5.41) is 4.21. The van der Waals surface area contributed by atoms with Crippen LogP contribution in [0.25, 0.3) is 0 Å². The monoisotopic (exact) mass is 278 g/mol. The minimum atomic E-state index is 0.854. The fourth-order valence-electron chi connectivity index (χ4n) is 1.94. The largest absolute Gasteiger partial charge is 0.349 e. The van der Waals surface area contributed by atoms with E-state index in [0.717, 1.165) is 23.9 Å². The first-order valence-corrected chi connectivity index (χ1v) is 7.70. The topological polar surface area (TPSA) is 15.3 Å². The number of aryl methyl sites for hydroxylation is 1. The number of benzene rings is 1. The van der Waals surface area contributed by atoms with Gasteiger partial charge in [-0.15, -0.1) is 0 Å². The van der Waals surface area contributed by atoms with Gasteiger partial charge in [-0.3, -0.25) is 0 Å². The van der Waals surface area contributed by atoms with E-state index >= 15 is 0 Å². The average molecular weight is 278 g/mol. The van der Waals surface area contributed by atoms with Gasteiger partial charge in [-0.25, -0.2) is 0 Å². The van der Waals surface area contributed by atoms with Gasteiger partial charge >= 0.3 is 0 Å². The van der Waals surface area contributed by atoms with Gasteiger partial charge in [-0.05, 0) is 49.7 Å². The lowest BCUT2D eigenvalue weighted by atomic mass is 10.2. The molecule has 1 rings (SSSR count). The van der Waals surface area contributed by atoms with Gasteiger partial charge in [0, 0.05) is 18.8 Å². The summed E-state index contributed by atoms with van der Waals surface area (Å²) < 4.78 is 0. The summed E-state index contributed by atoms with van der Waals surface area (Å²) in [5.41, 5.74) is 2.34. The highest BCUT2D eigenvalue weighted by Crippen LogP contribution is 2.11. The second-order valence-corrected chi connectivity index (χ2v) is 5.38. The van der Waals surface area contributed by atoms with Crippen molar-refractivity contribution in [3.63, 3.8) is 0 Å². The number of hydrogen-bond donors (Lipinski definition) is 1. The van der Waals surface area contributed by atoms with Gasteiger partial charge < -0.3 is 10.2 Å². The molecule has 1 aromatic carbocycles. The van der Waals surface area contributed by atoms with Crippen LogP contribution in [0.4, 0.5) is 5.69 Å². The third kappa shape index (κ3) is 6.06.